The van der Waals surface area contributed by atoms with Gasteiger partial charge in [-0.05, 0) is 50.9 Å². The summed E-state index contributed by atoms with van der Waals surface area (Å²) in [5, 5.41) is 8.54. The van der Waals surface area contributed by atoms with Crippen LogP contribution in [-0.4, -0.2) is 24.2 Å². The van der Waals surface area contributed by atoms with Gasteiger partial charge in [-0.1, -0.05) is 43.9 Å². The second-order valence-corrected chi connectivity index (χ2v) is 6.21. The number of carbonyl (C=O) groups excluding carboxylic acids is 1. The smallest absolute Gasteiger partial charge is 0.303 e. The summed E-state index contributed by atoms with van der Waals surface area (Å²) in [4.78, 5) is 20.4. The molecule has 0 heterocycles. The zero-order valence-electron chi connectivity index (χ0n) is 15.0. The minimum absolute atomic E-state index is 0.295. The van der Waals surface area contributed by atoms with Crippen molar-refractivity contribution < 1.29 is 19.4 Å². The Morgan fingerprint density at radius 3 is 2.38 bits per heavy atom. The van der Waals surface area contributed by atoms with Crippen molar-refractivity contribution in [3.05, 3.63) is 24.8 Å². The topological polar surface area (TPSA) is 63.6 Å². The van der Waals surface area contributed by atoms with E-state index in [2.05, 4.69) is 29.5 Å². The Bertz CT molecular complexity index is 350. The summed E-state index contributed by atoms with van der Waals surface area (Å²) in [6.07, 6.45) is 18.6. The highest BCUT2D eigenvalue weighted by Crippen LogP contribution is 2.17. The van der Waals surface area contributed by atoms with Crippen LogP contribution < -0.4 is 0 Å². The number of carbonyl (C=O) groups is 2. The molecule has 0 spiro atoms. The van der Waals surface area contributed by atoms with Crippen molar-refractivity contribution in [3.8, 4) is 0 Å². The van der Waals surface area contributed by atoms with E-state index in [1.54, 1.807) is 0 Å². The standard InChI is InChI=1S/C20H34O4/c1-2-19(15-11-9-13-17-24-18-21)14-10-7-5-3-4-6-8-12-16-20(22)23/h2,5,7,18-19H,1,3-4,6,8-17H2,(H,22,23)/b7-5-. The maximum Gasteiger partial charge on any atom is 0.303 e. The van der Waals surface area contributed by atoms with E-state index < -0.39 is 5.97 Å². The number of allylic oxidation sites excluding steroid dienone is 3. The molecule has 0 aliphatic heterocycles. The van der Waals surface area contributed by atoms with E-state index in [0.717, 1.165) is 70.6 Å². The first-order valence-corrected chi connectivity index (χ1v) is 9.25. The van der Waals surface area contributed by atoms with E-state index in [0.29, 0.717) is 25.4 Å². The van der Waals surface area contributed by atoms with Gasteiger partial charge in [-0.3, -0.25) is 9.59 Å². The van der Waals surface area contributed by atoms with Crippen LogP contribution in [0.4, 0.5) is 0 Å². The van der Waals surface area contributed by atoms with Crippen LogP contribution in [0.5, 0.6) is 0 Å². The summed E-state index contributed by atoms with van der Waals surface area (Å²) in [6, 6.07) is 0. The quantitative estimate of drug-likeness (QED) is 0.210. The molecule has 0 rings (SSSR count). The van der Waals surface area contributed by atoms with Crippen molar-refractivity contribution >= 4 is 12.4 Å². The number of rotatable bonds is 18. The van der Waals surface area contributed by atoms with E-state index in [4.69, 9.17) is 5.11 Å². The first-order chi connectivity index (χ1) is 11.7. The Labute approximate surface area is 147 Å². The fourth-order valence-electron chi connectivity index (χ4n) is 2.63. The third kappa shape index (κ3) is 16.8. The Morgan fingerprint density at radius 1 is 0.958 bits per heavy atom. The number of unbranched alkanes of at least 4 members (excludes halogenated alkanes) is 6. The molecule has 0 saturated heterocycles. The minimum atomic E-state index is -0.694. The van der Waals surface area contributed by atoms with Crippen LogP contribution in [0.3, 0.4) is 0 Å². The van der Waals surface area contributed by atoms with Gasteiger partial charge in [0, 0.05) is 6.42 Å². The van der Waals surface area contributed by atoms with E-state index >= 15 is 0 Å². The van der Waals surface area contributed by atoms with E-state index in [1.165, 1.54) is 0 Å². The zero-order valence-corrected chi connectivity index (χ0v) is 15.0. The average molecular weight is 338 g/mol. The van der Waals surface area contributed by atoms with Crippen LogP contribution in [0.15, 0.2) is 24.8 Å². The molecule has 0 fully saturated rings. The third-order valence-corrected chi connectivity index (χ3v) is 4.12. The number of carboxylic acids is 1. The molecule has 0 aliphatic carbocycles. The SMILES string of the molecule is C=CC(CC/C=C\CCCCCCC(=O)O)CCCCCOC=O. The van der Waals surface area contributed by atoms with Crippen LogP contribution >= 0.6 is 0 Å². The number of carboxylic acid groups (broad SMARTS) is 1. The molecule has 0 aromatic heterocycles. The first kappa shape index (κ1) is 22.4. The van der Waals surface area contributed by atoms with Gasteiger partial charge < -0.3 is 9.84 Å². The first-order valence-electron chi connectivity index (χ1n) is 9.25. The third-order valence-electron chi connectivity index (χ3n) is 4.12. The lowest BCUT2D eigenvalue weighted by Gasteiger charge is -2.10. The summed E-state index contributed by atoms with van der Waals surface area (Å²) in [5.74, 6) is -0.126. The summed E-state index contributed by atoms with van der Waals surface area (Å²) < 4.78 is 4.67. The van der Waals surface area contributed by atoms with Crippen LogP contribution in [0.1, 0.15) is 77.0 Å². The van der Waals surface area contributed by atoms with Gasteiger partial charge >= 0.3 is 5.97 Å². The normalized spacial score (nSPS) is 12.2. The Kier molecular flexibility index (Phi) is 16.6. The van der Waals surface area contributed by atoms with Crippen molar-refractivity contribution in [3.63, 3.8) is 0 Å². The highest BCUT2D eigenvalue weighted by atomic mass is 16.5. The maximum absolute atomic E-state index is 10.4. The molecule has 0 bridgehead atoms. The zero-order chi connectivity index (χ0) is 17.9. The lowest BCUT2D eigenvalue weighted by molar-refractivity contribution is -0.137. The molecule has 1 atom stereocenters. The molecule has 0 aromatic carbocycles. The van der Waals surface area contributed by atoms with Gasteiger partial charge in [0.05, 0.1) is 6.61 Å². The number of hydrogen-bond acceptors (Lipinski definition) is 3. The average Bonchev–Trinajstić information content (AvgIpc) is 2.57. The van der Waals surface area contributed by atoms with Crippen molar-refractivity contribution in [2.24, 2.45) is 5.92 Å². The fourth-order valence-corrected chi connectivity index (χ4v) is 2.63. The molecule has 0 amide bonds. The van der Waals surface area contributed by atoms with E-state index in [9.17, 15) is 9.59 Å². The van der Waals surface area contributed by atoms with Crippen LogP contribution in [-0.2, 0) is 14.3 Å². The lowest BCUT2D eigenvalue weighted by atomic mass is 9.96. The van der Waals surface area contributed by atoms with Crippen LogP contribution in [0, 0.1) is 5.92 Å². The van der Waals surface area contributed by atoms with Gasteiger partial charge in [0.2, 0.25) is 0 Å². The molecule has 1 N–H and O–H groups in total. The highest BCUT2D eigenvalue weighted by Gasteiger charge is 2.02. The maximum atomic E-state index is 10.4. The van der Waals surface area contributed by atoms with Crippen molar-refractivity contribution in [2.75, 3.05) is 6.61 Å². The molecule has 0 aromatic rings. The lowest BCUT2D eigenvalue weighted by Crippen LogP contribution is -1.97. The van der Waals surface area contributed by atoms with Gasteiger partial charge in [-0.25, -0.2) is 0 Å². The monoisotopic (exact) mass is 338 g/mol. The van der Waals surface area contributed by atoms with E-state index in [1.807, 2.05) is 0 Å². The van der Waals surface area contributed by atoms with Gasteiger partial charge in [0.15, 0.2) is 0 Å². The summed E-state index contributed by atoms with van der Waals surface area (Å²) in [7, 11) is 0. The van der Waals surface area contributed by atoms with Gasteiger partial charge in [0.1, 0.15) is 0 Å². The summed E-state index contributed by atoms with van der Waals surface area (Å²) in [5.41, 5.74) is 0. The Morgan fingerprint density at radius 2 is 1.67 bits per heavy atom. The molecular formula is C20H34O4. The minimum Gasteiger partial charge on any atom is -0.481 e. The Hall–Kier alpha value is -1.58. The largest absolute Gasteiger partial charge is 0.481 e. The molecule has 0 aliphatic rings. The Balaban J connectivity index is 3.45. The van der Waals surface area contributed by atoms with Crippen LogP contribution in [0.25, 0.3) is 0 Å². The molecular weight excluding hydrogens is 304 g/mol. The van der Waals surface area contributed by atoms with Crippen LogP contribution in [0.2, 0.25) is 0 Å². The fraction of sp³-hybridized carbons (Fsp3) is 0.700. The number of hydrogen-bond donors (Lipinski definition) is 1. The van der Waals surface area contributed by atoms with Crippen molar-refractivity contribution in [1.29, 1.82) is 0 Å². The molecule has 0 saturated carbocycles. The number of ether oxygens (including phenoxy) is 1. The molecule has 138 valence electrons. The van der Waals surface area contributed by atoms with Gasteiger partial charge in [0.25, 0.3) is 6.47 Å². The summed E-state index contributed by atoms with van der Waals surface area (Å²) in [6.45, 7) is 4.96. The second-order valence-electron chi connectivity index (χ2n) is 6.21. The van der Waals surface area contributed by atoms with Crippen molar-refractivity contribution in [1.82, 2.24) is 0 Å². The highest BCUT2D eigenvalue weighted by molar-refractivity contribution is 5.66. The van der Waals surface area contributed by atoms with Crippen molar-refractivity contribution in [2.45, 2.75) is 77.0 Å². The van der Waals surface area contributed by atoms with E-state index in [-0.39, 0.29) is 0 Å². The van der Waals surface area contributed by atoms with Gasteiger partial charge in [-0.15, -0.1) is 6.58 Å². The molecule has 4 heteroatoms. The molecule has 0 radical (unpaired) electrons. The predicted molar refractivity (Wildman–Crippen MR) is 97.9 cm³/mol. The van der Waals surface area contributed by atoms with Gasteiger partial charge in [-0.2, -0.15) is 0 Å². The number of aliphatic carboxylic acids is 1. The molecule has 4 nitrogen and oxygen atoms in total. The predicted octanol–water partition coefficient (Wildman–Crippen LogP) is 5.28. The summed E-state index contributed by atoms with van der Waals surface area (Å²) >= 11 is 0. The molecule has 1 unspecified atom stereocenters. The molecule has 24 heavy (non-hydrogen) atoms. The second kappa shape index (κ2) is 17.8.